The van der Waals surface area contributed by atoms with Gasteiger partial charge in [0.2, 0.25) is 5.91 Å². The summed E-state index contributed by atoms with van der Waals surface area (Å²) in [6.45, 7) is 5.88. The number of hydrogen-bond acceptors (Lipinski definition) is 4. The molecule has 26 heavy (non-hydrogen) atoms. The molecule has 3 aromatic rings. The number of aromatic nitrogens is 3. The second kappa shape index (κ2) is 5.73. The van der Waals surface area contributed by atoms with Crippen molar-refractivity contribution in [3.05, 3.63) is 60.0 Å². The zero-order valence-electron chi connectivity index (χ0n) is 15.3. The molecule has 4 rings (SSSR count). The normalized spacial score (nSPS) is 15.2. The molecular weight excluding hydrogens is 324 g/mol. The third kappa shape index (κ3) is 2.47. The van der Waals surface area contributed by atoms with Crippen molar-refractivity contribution in [3.8, 4) is 22.6 Å². The van der Waals surface area contributed by atoms with Crippen molar-refractivity contribution in [2.45, 2.75) is 26.2 Å². The van der Waals surface area contributed by atoms with Crippen LogP contribution in [-0.4, -0.2) is 27.9 Å². The second-order valence-electron chi connectivity index (χ2n) is 7.17. The highest BCUT2D eigenvalue weighted by molar-refractivity contribution is 6.07. The maximum atomic E-state index is 12.5. The van der Waals surface area contributed by atoms with Crippen LogP contribution < -0.4 is 4.90 Å². The quantitative estimate of drug-likeness (QED) is 0.710. The zero-order valence-corrected chi connectivity index (χ0v) is 15.3. The Hall–Kier alpha value is -3.08. The molecule has 0 unspecified atom stereocenters. The number of anilines is 1. The molecule has 5 heteroatoms. The van der Waals surface area contributed by atoms with Gasteiger partial charge in [-0.2, -0.15) is 0 Å². The lowest BCUT2D eigenvalue weighted by Gasteiger charge is -2.16. The molecule has 0 fully saturated rings. The summed E-state index contributed by atoms with van der Waals surface area (Å²) >= 11 is 0. The first-order valence-corrected chi connectivity index (χ1v) is 8.57. The van der Waals surface area contributed by atoms with Gasteiger partial charge in [0.25, 0.3) is 0 Å². The van der Waals surface area contributed by atoms with Gasteiger partial charge in [0.15, 0.2) is 5.82 Å². The van der Waals surface area contributed by atoms with Crippen LogP contribution in [0.15, 0.2) is 48.8 Å². The van der Waals surface area contributed by atoms with Gasteiger partial charge in [-0.15, -0.1) is 0 Å². The van der Waals surface area contributed by atoms with Crippen molar-refractivity contribution < 1.29 is 4.79 Å². The molecule has 0 bridgehead atoms. The van der Waals surface area contributed by atoms with Crippen molar-refractivity contribution in [2.75, 3.05) is 11.9 Å². The lowest BCUT2D eigenvalue weighted by Crippen LogP contribution is -2.33. The van der Waals surface area contributed by atoms with E-state index in [0.29, 0.717) is 5.82 Å². The van der Waals surface area contributed by atoms with Crippen molar-refractivity contribution >= 4 is 11.6 Å². The maximum absolute atomic E-state index is 12.5. The lowest BCUT2D eigenvalue weighted by atomic mass is 9.85. The van der Waals surface area contributed by atoms with Crippen LogP contribution in [0.4, 0.5) is 5.69 Å². The van der Waals surface area contributed by atoms with Crippen LogP contribution in [0.1, 0.15) is 25.1 Å². The summed E-state index contributed by atoms with van der Waals surface area (Å²) in [6.07, 6.45) is 3.53. The predicted molar refractivity (Wildman–Crippen MR) is 102 cm³/mol. The van der Waals surface area contributed by atoms with Crippen molar-refractivity contribution in [3.63, 3.8) is 0 Å². The number of pyridine rings is 1. The Labute approximate surface area is 152 Å². The van der Waals surface area contributed by atoms with Gasteiger partial charge >= 0.3 is 0 Å². The monoisotopic (exact) mass is 344 g/mol. The van der Waals surface area contributed by atoms with E-state index < -0.39 is 5.41 Å². The fraction of sp³-hybridized carbons (Fsp3) is 0.238. The average molecular weight is 344 g/mol. The Kier molecular flexibility index (Phi) is 3.61. The molecule has 1 aliphatic heterocycles. The van der Waals surface area contributed by atoms with E-state index in [4.69, 9.17) is 4.98 Å². The number of aryl methyl sites for hydroxylation is 1. The van der Waals surface area contributed by atoms with E-state index in [1.165, 1.54) is 0 Å². The zero-order chi connectivity index (χ0) is 18.5. The van der Waals surface area contributed by atoms with Crippen LogP contribution in [0.5, 0.6) is 0 Å². The Balaban J connectivity index is 1.79. The van der Waals surface area contributed by atoms with E-state index in [9.17, 15) is 4.79 Å². The van der Waals surface area contributed by atoms with E-state index in [2.05, 4.69) is 9.97 Å². The molecule has 1 amide bonds. The van der Waals surface area contributed by atoms with Crippen molar-refractivity contribution in [1.82, 2.24) is 15.0 Å². The first-order valence-electron chi connectivity index (χ1n) is 8.57. The highest BCUT2D eigenvalue weighted by atomic mass is 16.2. The summed E-state index contributed by atoms with van der Waals surface area (Å²) in [7, 11) is 1.82. The molecule has 0 spiro atoms. The fourth-order valence-corrected chi connectivity index (χ4v) is 3.48. The number of fused-ring (bicyclic) bond motifs is 1. The Morgan fingerprint density at radius 3 is 2.50 bits per heavy atom. The van der Waals surface area contributed by atoms with E-state index >= 15 is 0 Å². The topological polar surface area (TPSA) is 59.0 Å². The summed E-state index contributed by atoms with van der Waals surface area (Å²) in [5, 5.41) is 0. The minimum atomic E-state index is -0.492. The SMILES string of the molecule is Cc1cc(-c2nccc(-c3ccc4c(c3)N(C)C(=O)C4(C)C)n2)ccn1. The number of rotatable bonds is 2. The van der Waals surface area contributed by atoms with E-state index in [1.807, 2.05) is 64.2 Å². The maximum Gasteiger partial charge on any atom is 0.236 e. The third-order valence-electron chi connectivity index (χ3n) is 4.98. The largest absolute Gasteiger partial charge is 0.314 e. The average Bonchev–Trinajstić information content (AvgIpc) is 2.82. The second-order valence-corrected chi connectivity index (χ2v) is 7.17. The molecule has 0 N–H and O–H groups in total. The van der Waals surface area contributed by atoms with E-state index in [-0.39, 0.29) is 5.91 Å². The molecule has 0 aliphatic carbocycles. The van der Waals surface area contributed by atoms with Gasteiger partial charge in [0.05, 0.1) is 11.1 Å². The van der Waals surface area contributed by atoms with Gasteiger partial charge in [0, 0.05) is 41.9 Å². The molecule has 0 radical (unpaired) electrons. The van der Waals surface area contributed by atoms with Crippen molar-refractivity contribution in [2.24, 2.45) is 0 Å². The van der Waals surface area contributed by atoms with E-state index in [0.717, 1.165) is 33.8 Å². The first-order chi connectivity index (χ1) is 12.4. The summed E-state index contributed by atoms with van der Waals surface area (Å²) in [6, 6.07) is 11.9. The minimum Gasteiger partial charge on any atom is -0.314 e. The fourth-order valence-electron chi connectivity index (χ4n) is 3.48. The van der Waals surface area contributed by atoms with Crippen LogP contribution >= 0.6 is 0 Å². The first kappa shape index (κ1) is 16.4. The minimum absolute atomic E-state index is 0.111. The molecule has 130 valence electrons. The summed E-state index contributed by atoms with van der Waals surface area (Å²) in [4.78, 5) is 27.6. The smallest absolute Gasteiger partial charge is 0.236 e. The number of hydrogen-bond donors (Lipinski definition) is 0. The van der Waals surface area contributed by atoms with Crippen LogP contribution in [0.2, 0.25) is 0 Å². The molecule has 3 heterocycles. The van der Waals surface area contributed by atoms with Crippen molar-refractivity contribution in [1.29, 1.82) is 0 Å². The number of likely N-dealkylation sites (N-methyl/N-ethyl adjacent to an activating group) is 1. The molecule has 1 aromatic carbocycles. The molecular formula is C21H20N4O. The molecule has 2 aromatic heterocycles. The Morgan fingerprint density at radius 2 is 1.73 bits per heavy atom. The van der Waals surface area contributed by atoms with Crippen LogP contribution in [-0.2, 0) is 10.2 Å². The number of benzene rings is 1. The Morgan fingerprint density at radius 1 is 0.962 bits per heavy atom. The number of carbonyl (C=O) groups excluding carboxylic acids is 1. The summed E-state index contributed by atoms with van der Waals surface area (Å²) in [5.74, 6) is 0.776. The van der Waals surface area contributed by atoms with Gasteiger partial charge in [-0.05, 0) is 50.6 Å². The predicted octanol–water partition coefficient (Wildman–Crippen LogP) is 3.77. The van der Waals surface area contributed by atoms with Crippen LogP contribution in [0.3, 0.4) is 0 Å². The van der Waals surface area contributed by atoms with Gasteiger partial charge in [-0.25, -0.2) is 9.97 Å². The lowest BCUT2D eigenvalue weighted by molar-refractivity contribution is -0.121. The van der Waals surface area contributed by atoms with Crippen LogP contribution in [0.25, 0.3) is 22.6 Å². The molecule has 0 saturated carbocycles. The third-order valence-corrected chi connectivity index (χ3v) is 4.98. The highest BCUT2D eigenvalue weighted by Gasteiger charge is 2.42. The molecule has 0 atom stereocenters. The van der Waals surface area contributed by atoms with Gasteiger partial charge in [-0.3, -0.25) is 9.78 Å². The van der Waals surface area contributed by atoms with Crippen LogP contribution in [0, 0.1) is 6.92 Å². The summed E-state index contributed by atoms with van der Waals surface area (Å²) < 4.78 is 0. The van der Waals surface area contributed by atoms with Gasteiger partial charge in [0.1, 0.15) is 0 Å². The van der Waals surface area contributed by atoms with Gasteiger partial charge < -0.3 is 4.90 Å². The highest BCUT2D eigenvalue weighted by Crippen LogP contribution is 2.42. The van der Waals surface area contributed by atoms with E-state index in [1.54, 1.807) is 17.3 Å². The standard InChI is InChI=1S/C21H20N4O/c1-13-11-15(7-9-22-13)19-23-10-8-17(24-19)14-5-6-16-18(12-14)25(4)20(26)21(16,2)3/h5-12H,1-4H3. The Bertz CT molecular complexity index is 1030. The molecule has 5 nitrogen and oxygen atoms in total. The number of amides is 1. The molecule has 1 aliphatic rings. The number of carbonyl (C=O) groups is 1. The van der Waals surface area contributed by atoms with Gasteiger partial charge in [-0.1, -0.05) is 12.1 Å². The molecule has 0 saturated heterocycles. The summed E-state index contributed by atoms with van der Waals surface area (Å²) in [5.41, 5.74) is 5.16. The number of nitrogens with zero attached hydrogens (tertiary/aromatic N) is 4.